The second-order valence-corrected chi connectivity index (χ2v) is 7.60. The molecule has 0 bridgehead atoms. The van der Waals surface area contributed by atoms with Crippen molar-refractivity contribution in [2.75, 3.05) is 7.11 Å². The highest BCUT2D eigenvalue weighted by molar-refractivity contribution is 9.13. The number of hydrogen-bond donors (Lipinski definition) is 0. The minimum absolute atomic E-state index is 0.0182. The second-order valence-electron chi connectivity index (χ2n) is 5.89. The molecule has 0 saturated heterocycles. The average molecular weight is 480 g/mol. The van der Waals surface area contributed by atoms with E-state index in [1.54, 1.807) is 6.20 Å². The number of ether oxygens (including phenoxy) is 1. The molecule has 2 heterocycles. The molecular weight excluding hydrogens is 464 g/mol. The molecule has 0 spiro atoms. The zero-order chi connectivity index (χ0) is 18.7. The Kier molecular flexibility index (Phi) is 5.98. The Bertz CT molecular complexity index is 882. The van der Waals surface area contributed by atoms with E-state index < -0.39 is 6.04 Å². The van der Waals surface area contributed by atoms with Gasteiger partial charge in [0.25, 0.3) is 0 Å². The number of benzene rings is 1. The number of halogens is 2. The molecule has 0 aliphatic carbocycles. The Balaban J connectivity index is 2.09. The molecule has 1 aromatic heterocycles. The Hall–Kier alpha value is -1.86. The van der Waals surface area contributed by atoms with Crippen LogP contribution in [0.3, 0.4) is 0 Å². The van der Waals surface area contributed by atoms with Crippen LogP contribution >= 0.6 is 31.9 Å². The zero-order valence-electron chi connectivity index (χ0n) is 14.0. The summed E-state index contributed by atoms with van der Waals surface area (Å²) in [5.74, 6) is -0.366. The first kappa shape index (κ1) is 18.9. The third kappa shape index (κ3) is 4.10. The fourth-order valence-electron chi connectivity index (χ4n) is 2.85. The predicted molar refractivity (Wildman–Crippen MR) is 105 cm³/mol. The summed E-state index contributed by atoms with van der Waals surface area (Å²) in [5, 5.41) is 0. The highest BCUT2D eigenvalue weighted by Gasteiger charge is 2.27. The lowest BCUT2D eigenvalue weighted by atomic mass is 9.97. The maximum absolute atomic E-state index is 12.7. The van der Waals surface area contributed by atoms with Crippen LogP contribution in [0.5, 0.6) is 0 Å². The number of hydrogen-bond acceptors (Lipinski definition) is 5. The summed E-state index contributed by atoms with van der Waals surface area (Å²) >= 11 is 7.02. The Labute approximate surface area is 168 Å². The van der Waals surface area contributed by atoms with Gasteiger partial charge in [-0.25, -0.2) is 0 Å². The van der Waals surface area contributed by atoms with Gasteiger partial charge in [0, 0.05) is 33.5 Å². The lowest BCUT2D eigenvalue weighted by molar-refractivity contribution is -0.140. The van der Waals surface area contributed by atoms with Gasteiger partial charge in [-0.05, 0) is 68.1 Å². The van der Waals surface area contributed by atoms with Gasteiger partial charge < -0.3 is 4.74 Å². The SMILES string of the molecule is COC(=O)CC[C@@H]1N=C(c2ccccn2)c2cc(Br)c(Br)cc2CC1=O. The van der Waals surface area contributed by atoms with Crippen molar-refractivity contribution in [3.05, 3.63) is 62.3 Å². The Morgan fingerprint density at radius 2 is 2.04 bits per heavy atom. The van der Waals surface area contributed by atoms with E-state index in [1.807, 2.05) is 30.3 Å². The first-order chi connectivity index (χ1) is 12.5. The van der Waals surface area contributed by atoms with Gasteiger partial charge in [0.2, 0.25) is 0 Å². The third-order valence-electron chi connectivity index (χ3n) is 4.18. The molecule has 1 aliphatic rings. The molecule has 2 aromatic rings. The number of aromatic nitrogens is 1. The van der Waals surface area contributed by atoms with E-state index in [1.165, 1.54) is 7.11 Å². The molecule has 26 heavy (non-hydrogen) atoms. The van der Waals surface area contributed by atoms with Gasteiger partial charge in [0.15, 0.2) is 5.78 Å². The lowest BCUT2D eigenvalue weighted by Gasteiger charge is -2.11. The fourth-order valence-corrected chi connectivity index (χ4v) is 3.58. The number of nitrogens with zero attached hydrogens (tertiary/aromatic N) is 2. The van der Waals surface area contributed by atoms with E-state index in [0.717, 1.165) is 20.1 Å². The highest BCUT2D eigenvalue weighted by atomic mass is 79.9. The molecule has 0 radical (unpaired) electrons. The number of ketones is 1. The summed E-state index contributed by atoms with van der Waals surface area (Å²) in [4.78, 5) is 33.4. The molecule has 0 saturated carbocycles. The minimum Gasteiger partial charge on any atom is -0.469 e. The Morgan fingerprint density at radius 1 is 1.27 bits per heavy atom. The molecule has 0 N–H and O–H groups in total. The van der Waals surface area contributed by atoms with Crippen LogP contribution in [0.4, 0.5) is 0 Å². The van der Waals surface area contributed by atoms with Gasteiger partial charge in [0.05, 0.1) is 18.5 Å². The van der Waals surface area contributed by atoms with E-state index in [0.29, 0.717) is 17.8 Å². The molecule has 134 valence electrons. The summed E-state index contributed by atoms with van der Waals surface area (Å²) in [6, 6.07) is 8.86. The number of pyridine rings is 1. The van der Waals surface area contributed by atoms with Crippen molar-refractivity contribution in [1.82, 2.24) is 4.98 Å². The average Bonchev–Trinajstić information content (AvgIpc) is 2.77. The largest absolute Gasteiger partial charge is 0.469 e. The number of aliphatic imine (C=N–C) groups is 1. The maximum atomic E-state index is 12.7. The van der Waals surface area contributed by atoms with Crippen molar-refractivity contribution in [1.29, 1.82) is 0 Å². The predicted octanol–water partition coefficient (Wildman–Crippen LogP) is 3.89. The quantitative estimate of drug-likeness (QED) is 0.624. The Morgan fingerprint density at radius 3 is 2.73 bits per heavy atom. The van der Waals surface area contributed by atoms with Crippen molar-refractivity contribution in [3.8, 4) is 0 Å². The van der Waals surface area contributed by atoms with Gasteiger partial charge in [-0.2, -0.15) is 0 Å². The van der Waals surface area contributed by atoms with Crippen LogP contribution in [0.1, 0.15) is 29.7 Å². The summed E-state index contributed by atoms with van der Waals surface area (Å²) in [5.41, 5.74) is 3.11. The number of rotatable bonds is 4. The number of carbonyl (C=O) groups excluding carboxylic acids is 2. The van der Waals surface area contributed by atoms with Crippen LogP contribution in [-0.2, 0) is 20.7 Å². The second kappa shape index (κ2) is 8.22. The molecule has 0 unspecified atom stereocenters. The normalized spacial score (nSPS) is 16.5. The molecule has 7 heteroatoms. The van der Waals surface area contributed by atoms with Crippen molar-refractivity contribution in [3.63, 3.8) is 0 Å². The zero-order valence-corrected chi connectivity index (χ0v) is 17.2. The lowest BCUT2D eigenvalue weighted by Crippen LogP contribution is -2.21. The van der Waals surface area contributed by atoms with E-state index >= 15 is 0 Å². The van der Waals surface area contributed by atoms with Crippen LogP contribution in [0.2, 0.25) is 0 Å². The fraction of sp³-hybridized carbons (Fsp3) is 0.263. The van der Waals surface area contributed by atoms with Gasteiger partial charge >= 0.3 is 5.97 Å². The standard InChI is InChI=1S/C19H16Br2N2O3/c1-26-18(25)6-5-15-17(24)9-11-8-13(20)14(21)10-12(11)19(23-15)16-4-2-3-7-22-16/h2-4,7-8,10,15H,5-6,9H2,1H3/t15-/m0/s1. The topological polar surface area (TPSA) is 68.6 Å². The van der Waals surface area contributed by atoms with Gasteiger partial charge in [-0.3, -0.25) is 19.6 Å². The molecule has 1 aliphatic heterocycles. The van der Waals surface area contributed by atoms with Crippen LogP contribution in [0.15, 0.2) is 50.5 Å². The third-order valence-corrected chi connectivity index (χ3v) is 6.02. The molecule has 5 nitrogen and oxygen atoms in total. The van der Waals surface area contributed by atoms with Crippen LogP contribution < -0.4 is 0 Å². The first-order valence-corrected chi connectivity index (χ1v) is 9.65. The van der Waals surface area contributed by atoms with Crippen LogP contribution in [0.25, 0.3) is 0 Å². The van der Waals surface area contributed by atoms with E-state index in [-0.39, 0.29) is 24.6 Å². The highest BCUT2D eigenvalue weighted by Crippen LogP contribution is 2.31. The summed E-state index contributed by atoms with van der Waals surface area (Å²) in [7, 11) is 1.34. The number of esters is 1. The van der Waals surface area contributed by atoms with E-state index in [4.69, 9.17) is 4.99 Å². The molecule has 1 atom stereocenters. The first-order valence-electron chi connectivity index (χ1n) is 8.06. The number of carbonyl (C=O) groups is 2. The van der Waals surface area contributed by atoms with E-state index in [9.17, 15) is 9.59 Å². The van der Waals surface area contributed by atoms with Crippen LogP contribution in [0, 0.1) is 0 Å². The van der Waals surface area contributed by atoms with E-state index in [2.05, 4.69) is 41.6 Å². The van der Waals surface area contributed by atoms with Gasteiger partial charge in [-0.1, -0.05) is 6.07 Å². The maximum Gasteiger partial charge on any atom is 0.305 e. The molecule has 0 amide bonds. The molecular formula is C19H16Br2N2O3. The molecule has 0 fully saturated rings. The summed E-state index contributed by atoms with van der Waals surface area (Å²) in [6.45, 7) is 0. The van der Waals surface area contributed by atoms with Crippen molar-refractivity contribution >= 4 is 49.3 Å². The number of methoxy groups -OCH3 is 1. The van der Waals surface area contributed by atoms with Gasteiger partial charge in [-0.15, -0.1) is 0 Å². The summed E-state index contributed by atoms with van der Waals surface area (Å²) < 4.78 is 6.44. The van der Waals surface area contributed by atoms with Crippen LogP contribution in [-0.4, -0.2) is 35.6 Å². The summed E-state index contributed by atoms with van der Waals surface area (Å²) in [6.07, 6.45) is 2.42. The smallest absolute Gasteiger partial charge is 0.305 e. The minimum atomic E-state index is -0.601. The molecule has 3 rings (SSSR count). The van der Waals surface area contributed by atoms with Crippen molar-refractivity contribution in [2.24, 2.45) is 4.99 Å². The number of Topliss-reactive ketones (excluding diaryl/α,β-unsaturated/α-hetero) is 1. The van der Waals surface area contributed by atoms with Crippen molar-refractivity contribution in [2.45, 2.75) is 25.3 Å². The number of fused-ring (bicyclic) bond motifs is 1. The molecule has 1 aromatic carbocycles. The van der Waals surface area contributed by atoms with Crippen molar-refractivity contribution < 1.29 is 14.3 Å². The monoisotopic (exact) mass is 478 g/mol. The van der Waals surface area contributed by atoms with Gasteiger partial charge in [0.1, 0.15) is 6.04 Å².